The molecule has 24 heavy (non-hydrogen) atoms. The maximum atomic E-state index is 12.4. The number of amides is 1. The van der Waals surface area contributed by atoms with Gasteiger partial charge >= 0.3 is 0 Å². The van der Waals surface area contributed by atoms with E-state index in [1.807, 2.05) is 55.5 Å². The average Bonchev–Trinajstić information content (AvgIpc) is 2.57. The molecule has 3 aromatic rings. The summed E-state index contributed by atoms with van der Waals surface area (Å²) in [7, 11) is 0. The van der Waals surface area contributed by atoms with Crippen LogP contribution in [-0.2, 0) is 4.79 Å². The zero-order valence-corrected chi connectivity index (χ0v) is 14.3. The Morgan fingerprint density at radius 3 is 2.62 bits per heavy atom. The number of fused-ring (bicyclic) bond motifs is 1. The lowest BCUT2D eigenvalue weighted by Gasteiger charge is -2.17. The average molecular weight is 340 g/mol. The summed E-state index contributed by atoms with van der Waals surface area (Å²) in [6, 6.07) is 19.1. The molecule has 0 aliphatic heterocycles. The highest BCUT2D eigenvalue weighted by atomic mass is 35.5. The van der Waals surface area contributed by atoms with E-state index in [-0.39, 0.29) is 5.91 Å². The van der Waals surface area contributed by atoms with Crippen LogP contribution >= 0.6 is 11.6 Å². The van der Waals surface area contributed by atoms with E-state index in [9.17, 15) is 4.79 Å². The third-order valence-corrected chi connectivity index (χ3v) is 4.10. The Morgan fingerprint density at radius 1 is 1.08 bits per heavy atom. The third-order valence-electron chi connectivity index (χ3n) is 3.87. The maximum absolute atomic E-state index is 12.4. The monoisotopic (exact) mass is 339 g/mol. The molecule has 1 atom stereocenters. The minimum absolute atomic E-state index is 0.201. The van der Waals surface area contributed by atoms with Crippen LogP contribution in [0.15, 0.2) is 60.7 Å². The number of nitrogens with one attached hydrogen (secondary N) is 1. The van der Waals surface area contributed by atoms with Gasteiger partial charge < -0.3 is 10.1 Å². The van der Waals surface area contributed by atoms with Gasteiger partial charge in [-0.3, -0.25) is 4.79 Å². The minimum atomic E-state index is -0.620. The molecule has 0 heterocycles. The van der Waals surface area contributed by atoms with Crippen LogP contribution in [0.3, 0.4) is 0 Å². The maximum Gasteiger partial charge on any atom is 0.265 e. The molecular weight excluding hydrogens is 322 g/mol. The predicted octanol–water partition coefficient (Wildman–Crippen LogP) is 5.21. The Balaban J connectivity index is 1.76. The van der Waals surface area contributed by atoms with Crippen molar-refractivity contribution >= 4 is 34.0 Å². The number of anilines is 1. The van der Waals surface area contributed by atoms with Gasteiger partial charge in [0.2, 0.25) is 0 Å². The van der Waals surface area contributed by atoms with Crippen molar-refractivity contribution in [2.75, 3.05) is 5.32 Å². The standard InChI is InChI=1S/C20H18ClNO2/c1-13-12-16(21)10-11-18(13)22-20(23)14(2)24-19-9-5-7-15-6-3-4-8-17(15)19/h3-12,14H,1-2H3,(H,22,23)/t14-/m1/s1. The Labute approximate surface area is 146 Å². The van der Waals surface area contributed by atoms with Gasteiger partial charge in [-0.05, 0) is 49.1 Å². The molecule has 0 aromatic heterocycles. The Kier molecular flexibility index (Phi) is 4.72. The second-order valence-electron chi connectivity index (χ2n) is 5.69. The van der Waals surface area contributed by atoms with Gasteiger partial charge in [-0.15, -0.1) is 0 Å². The van der Waals surface area contributed by atoms with Crippen LogP contribution in [0.5, 0.6) is 5.75 Å². The molecule has 0 unspecified atom stereocenters. The summed E-state index contributed by atoms with van der Waals surface area (Å²) in [5.41, 5.74) is 1.64. The van der Waals surface area contributed by atoms with Gasteiger partial charge in [0.25, 0.3) is 5.91 Å². The number of rotatable bonds is 4. The first kappa shape index (κ1) is 16.3. The molecule has 1 amide bonds. The highest BCUT2D eigenvalue weighted by molar-refractivity contribution is 6.30. The summed E-state index contributed by atoms with van der Waals surface area (Å²) in [5, 5.41) is 5.59. The smallest absolute Gasteiger partial charge is 0.265 e. The molecule has 0 saturated carbocycles. The second-order valence-corrected chi connectivity index (χ2v) is 6.12. The van der Waals surface area contributed by atoms with Crippen LogP contribution < -0.4 is 10.1 Å². The summed E-state index contributed by atoms with van der Waals surface area (Å²) in [5.74, 6) is 0.497. The molecule has 3 aromatic carbocycles. The van der Waals surface area contributed by atoms with Crippen LogP contribution in [0.2, 0.25) is 5.02 Å². The fraction of sp³-hybridized carbons (Fsp3) is 0.150. The first-order valence-electron chi connectivity index (χ1n) is 7.76. The SMILES string of the molecule is Cc1cc(Cl)ccc1NC(=O)[C@@H](C)Oc1cccc2ccccc12. The normalized spacial score (nSPS) is 12.0. The highest BCUT2D eigenvalue weighted by Gasteiger charge is 2.16. The first-order valence-corrected chi connectivity index (χ1v) is 8.14. The van der Waals surface area contributed by atoms with E-state index in [1.165, 1.54) is 0 Å². The molecule has 0 saturated heterocycles. The van der Waals surface area contributed by atoms with Crippen molar-refractivity contribution in [1.29, 1.82) is 0 Å². The van der Waals surface area contributed by atoms with Gasteiger partial charge in [0.05, 0.1) is 0 Å². The number of aryl methyl sites for hydroxylation is 1. The van der Waals surface area contributed by atoms with E-state index in [1.54, 1.807) is 19.1 Å². The highest BCUT2D eigenvalue weighted by Crippen LogP contribution is 2.26. The summed E-state index contributed by atoms with van der Waals surface area (Å²) in [6.45, 7) is 3.64. The van der Waals surface area contributed by atoms with E-state index in [2.05, 4.69) is 5.32 Å². The Morgan fingerprint density at radius 2 is 1.83 bits per heavy atom. The third kappa shape index (κ3) is 3.52. The number of halogens is 1. The van der Waals surface area contributed by atoms with Crippen molar-refractivity contribution < 1.29 is 9.53 Å². The fourth-order valence-electron chi connectivity index (χ4n) is 2.54. The number of carbonyl (C=O) groups excluding carboxylic acids is 1. The molecule has 0 fully saturated rings. The van der Waals surface area contributed by atoms with Crippen molar-refractivity contribution in [2.45, 2.75) is 20.0 Å². The van der Waals surface area contributed by atoms with E-state index in [0.29, 0.717) is 10.8 Å². The number of hydrogen-bond acceptors (Lipinski definition) is 2. The zero-order chi connectivity index (χ0) is 17.1. The fourth-order valence-corrected chi connectivity index (χ4v) is 2.77. The van der Waals surface area contributed by atoms with Gasteiger partial charge in [-0.1, -0.05) is 48.0 Å². The summed E-state index contributed by atoms with van der Waals surface area (Å²) >= 11 is 5.94. The van der Waals surface area contributed by atoms with Crippen LogP contribution in [0.25, 0.3) is 10.8 Å². The van der Waals surface area contributed by atoms with Crippen molar-refractivity contribution in [1.82, 2.24) is 0 Å². The van der Waals surface area contributed by atoms with Crippen LogP contribution in [0, 0.1) is 6.92 Å². The number of carbonyl (C=O) groups is 1. The number of hydrogen-bond donors (Lipinski definition) is 1. The lowest BCUT2D eigenvalue weighted by atomic mass is 10.1. The van der Waals surface area contributed by atoms with Gasteiger partial charge in [0.15, 0.2) is 6.10 Å². The van der Waals surface area contributed by atoms with Gasteiger partial charge in [-0.2, -0.15) is 0 Å². The lowest BCUT2D eigenvalue weighted by Crippen LogP contribution is -2.30. The largest absolute Gasteiger partial charge is 0.480 e. The van der Waals surface area contributed by atoms with E-state index in [0.717, 1.165) is 22.0 Å². The molecular formula is C20H18ClNO2. The van der Waals surface area contributed by atoms with E-state index < -0.39 is 6.10 Å². The van der Waals surface area contributed by atoms with Gasteiger partial charge in [0, 0.05) is 16.1 Å². The molecule has 0 spiro atoms. The van der Waals surface area contributed by atoms with Crippen molar-refractivity contribution in [3.05, 3.63) is 71.2 Å². The van der Waals surface area contributed by atoms with E-state index in [4.69, 9.17) is 16.3 Å². The molecule has 0 aliphatic carbocycles. The minimum Gasteiger partial charge on any atom is -0.480 e. The van der Waals surface area contributed by atoms with Crippen molar-refractivity contribution in [3.8, 4) is 5.75 Å². The molecule has 0 radical (unpaired) electrons. The predicted molar refractivity (Wildman–Crippen MR) is 98.9 cm³/mol. The number of ether oxygens (including phenoxy) is 1. The van der Waals surface area contributed by atoms with Crippen molar-refractivity contribution in [2.24, 2.45) is 0 Å². The quantitative estimate of drug-likeness (QED) is 0.708. The molecule has 3 rings (SSSR count). The molecule has 4 heteroatoms. The molecule has 1 N–H and O–H groups in total. The Hall–Kier alpha value is -2.52. The van der Waals surface area contributed by atoms with Crippen LogP contribution in [0.1, 0.15) is 12.5 Å². The number of benzene rings is 3. The Bertz CT molecular complexity index is 886. The molecule has 122 valence electrons. The van der Waals surface area contributed by atoms with Gasteiger partial charge in [0.1, 0.15) is 5.75 Å². The zero-order valence-electron chi connectivity index (χ0n) is 13.5. The van der Waals surface area contributed by atoms with Crippen LogP contribution in [-0.4, -0.2) is 12.0 Å². The molecule has 0 bridgehead atoms. The molecule has 0 aliphatic rings. The second kappa shape index (κ2) is 6.93. The van der Waals surface area contributed by atoms with Gasteiger partial charge in [-0.25, -0.2) is 0 Å². The van der Waals surface area contributed by atoms with E-state index >= 15 is 0 Å². The van der Waals surface area contributed by atoms with Crippen LogP contribution in [0.4, 0.5) is 5.69 Å². The first-order chi connectivity index (χ1) is 11.5. The summed E-state index contributed by atoms with van der Waals surface area (Å²) in [4.78, 5) is 12.4. The topological polar surface area (TPSA) is 38.3 Å². The summed E-state index contributed by atoms with van der Waals surface area (Å²) in [6.07, 6.45) is -0.620. The summed E-state index contributed by atoms with van der Waals surface area (Å²) < 4.78 is 5.89. The van der Waals surface area contributed by atoms with Crippen molar-refractivity contribution in [3.63, 3.8) is 0 Å². The lowest BCUT2D eigenvalue weighted by molar-refractivity contribution is -0.122. The molecule has 3 nitrogen and oxygen atoms in total.